The molecule has 0 atom stereocenters. The minimum atomic E-state index is -0.295. The zero-order valence-corrected chi connectivity index (χ0v) is 12.5. The predicted octanol–water partition coefficient (Wildman–Crippen LogP) is 2.61. The van der Waals surface area contributed by atoms with Crippen LogP contribution in [0.2, 0.25) is 0 Å². The average molecular weight is 312 g/mol. The quantitative estimate of drug-likeness (QED) is 0.723. The number of nitrogens with zero attached hydrogens (tertiary/aromatic N) is 2. The summed E-state index contributed by atoms with van der Waals surface area (Å²) in [5.41, 5.74) is 2.20. The van der Waals surface area contributed by atoms with E-state index in [9.17, 15) is 9.59 Å². The van der Waals surface area contributed by atoms with Crippen molar-refractivity contribution in [2.24, 2.45) is 0 Å². The van der Waals surface area contributed by atoms with Gasteiger partial charge >= 0.3 is 0 Å². The molecule has 110 valence electrons. The first kappa shape index (κ1) is 14.2. The van der Waals surface area contributed by atoms with Crippen LogP contribution in [0.25, 0.3) is 10.2 Å². The molecule has 0 fully saturated rings. The van der Waals surface area contributed by atoms with Gasteiger partial charge in [-0.3, -0.25) is 9.59 Å². The number of nitrogens with one attached hydrogen (secondary N) is 2. The van der Waals surface area contributed by atoms with Gasteiger partial charge in [0.25, 0.3) is 5.91 Å². The average Bonchev–Trinajstić information content (AvgIpc) is 3.03. The third-order valence-corrected chi connectivity index (χ3v) is 4.07. The molecular formula is C15H12N4O2S. The van der Waals surface area contributed by atoms with Crippen molar-refractivity contribution in [1.29, 1.82) is 0 Å². The highest BCUT2D eigenvalue weighted by atomic mass is 32.1. The fraction of sp³-hybridized carbons (Fsp3) is 0.0667. The summed E-state index contributed by atoms with van der Waals surface area (Å²) in [7, 11) is 1.53. The molecule has 0 radical (unpaired) electrons. The number of hydrogen-bond donors (Lipinski definition) is 2. The van der Waals surface area contributed by atoms with Crippen molar-refractivity contribution in [2.75, 3.05) is 12.4 Å². The molecule has 3 aromatic rings. The molecule has 3 rings (SSSR count). The smallest absolute Gasteiger partial charge is 0.251 e. The molecule has 7 heteroatoms. The molecule has 0 spiro atoms. The zero-order chi connectivity index (χ0) is 15.5. The SMILES string of the molecule is CNC(=O)c1ccc(Nc2ncnc3ccsc23)cc1C=O. The second-order valence-corrected chi connectivity index (χ2v) is 5.40. The van der Waals surface area contributed by atoms with Crippen molar-refractivity contribution >= 4 is 45.3 Å². The van der Waals surface area contributed by atoms with Crippen molar-refractivity contribution in [3.05, 3.63) is 47.1 Å². The predicted molar refractivity (Wildman–Crippen MR) is 85.9 cm³/mol. The molecule has 0 bridgehead atoms. The van der Waals surface area contributed by atoms with Crippen LogP contribution >= 0.6 is 11.3 Å². The van der Waals surface area contributed by atoms with Gasteiger partial charge in [0.15, 0.2) is 12.1 Å². The van der Waals surface area contributed by atoms with Crippen LogP contribution in [0.15, 0.2) is 36.0 Å². The molecule has 2 heterocycles. The van der Waals surface area contributed by atoms with E-state index in [1.54, 1.807) is 18.2 Å². The molecule has 1 aromatic carbocycles. The monoisotopic (exact) mass is 312 g/mol. The number of carbonyl (C=O) groups is 2. The van der Waals surface area contributed by atoms with Crippen molar-refractivity contribution in [2.45, 2.75) is 0 Å². The van der Waals surface area contributed by atoms with Gasteiger partial charge in [-0.2, -0.15) is 0 Å². The summed E-state index contributed by atoms with van der Waals surface area (Å²) in [5, 5.41) is 7.61. The van der Waals surface area contributed by atoms with E-state index in [0.717, 1.165) is 10.2 Å². The van der Waals surface area contributed by atoms with Gasteiger partial charge in [0.05, 0.1) is 10.2 Å². The fourth-order valence-corrected chi connectivity index (χ4v) is 2.88. The Labute approximate surface area is 130 Å². The normalized spacial score (nSPS) is 10.4. The van der Waals surface area contributed by atoms with Gasteiger partial charge < -0.3 is 10.6 Å². The molecule has 0 saturated carbocycles. The number of carbonyl (C=O) groups excluding carboxylic acids is 2. The number of fused-ring (bicyclic) bond motifs is 1. The Morgan fingerprint density at radius 3 is 2.91 bits per heavy atom. The van der Waals surface area contributed by atoms with E-state index in [4.69, 9.17) is 0 Å². The van der Waals surface area contributed by atoms with E-state index >= 15 is 0 Å². The summed E-state index contributed by atoms with van der Waals surface area (Å²) in [6.07, 6.45) is 2.15. The first-order valence-electron chi connectivity index (χ1n) is 6.49. The number of aldehydes is 1. The molecule has 0 saturated heterocycles. The van der Waals surface area contributed by atoms with Crippen LogP contribution in [-0.2, 0) is 0 Å². The first-order valence-corrected chi connectivity index (χ1v) is 7.37. The number of benzene rings is 1. The summed E-state index contributed by atoms with van der Waals surface area (Å²) in [5.74, 6) is 0.376. The van der Waals surface area contributed by atoms with E-state index in [2.05, 4.69) is 20.6 Å². The molecule has 0 unspecified atom stereocenters. The summed E-state index contributed by atoms with van der Waals surface area (Å²) >= 11 is 1.53. The largest absolute Gasteiger partial charge is 0.355 e. The van der Waals surface area contributed by atoms with E-state index in [1.165, 1.54) is 24.7 Å². The first-order chi connectivity index (χ1) is 10.7. The number of thiophene rings is 1. The van der Waals surface area contributed by atoms with Crippen molar-refractivity contribution in [3.8, 4) is 0 Å². The molecule has 6 nitrogen and oxygen atoms in total. The Kier molecular flexibility index (Phi) is 3.80. The molecule has 0 aliphatic carbocycles. The lowest BCUT2D eigenvalue weighted by Crippen LogP contribution is -2.19. The third kappa shape index (κ3) is 2.53. The summed E-state index contributed by atoms with van der Waals surface area (Å²) < 4.78 is 0.936. The van der Waals surface area contributed by atoms with Gasteiger partial charge in [0.2, 0.25) is 0 Å². The van der Waals surface area contributed by atoms with E-state index < -0.39 is 0 Å². The van der Waals surface area contributed by atoms with Crippen LogP contribution in [0.1, 0.15) is 20.7 Å². The highest BCUT2D eigenvalue weighted by Crippen LogP contribution is 2.28. The van der Waals surface area contributed by atoms with Gasteiger partial charge in [-0.25, -0.2) is 9.97 Å². The highest BCUT2D eigenvalue weighted by Gasteiger charge is 2.11. The number of rotatable bonds is 4. The molecule has 22 heavy (non-hydrogen) atoms. The molecule has 2 N–H and O–H groups in total. The lowest BCUT2D eigenvalue weighted by atomic mass is 10.1. The minimum absolute atomic E-state index is 0.295. The summed E-state index contributed by atoms with van der Waals surface area (Å²) in [6, 6.07) is 6.88. The molecule has 1 amide bonds. The van der Waals surface area contributed by atoms with Gasteiger partial charge in [0, 0.05) is 23.9 Å². The Hall–Kier alpha value is -2.80. The second kappa shape index (κ2) is 5.90. The Morgan fingerprint density at radius 1 is 1.27 bits per heavy atom. The maximum atomic E-state index is 11.7. The number of anilines is 2. The lowest BCUT2D eigenvalue weighted by molar-refractivity contribution is 0.0957. The van der Waals surface area contributed by atoms with Crippen LogP contribution in [0.5, 0.6) is 0 Å². The molecule has 0 aliphatic heterocycles. The van der Waals surface area contributed by atoms with Gasteiger partial charge in [-0.05, 0) is 29.6 Å². The standard InChI is InChI=1S/C15H12N4O2S/c1-16-15(21)11-3-2-10(6-9(11)7-20)19-14-13-12(4-5-22-13)17-8-18-14/h2-8H,1H3,(H,16,21)(H,17,18,19). The van der Waals surface area contributed by atoms with E-state index in [-0.39, 0.29) is 5.91 Å². The minimum Gasteiger partial charge on any atom is -0.355 e. The maximum Gasteiger partial charge on any atom is 0.251 e. The Bertz CT molecular complexity index is 860. The van der Waals surface area contributed by atoms with Crippen molar-refractivity contribution in [1.82, 2.24) is 15.3 Å². The Morgan fingerprint density at radius 2 is 2.14 bits per heavy atom. The molecule has 2 aromatic heterocycles. The van der Waals surface area contributed by atoms with Crippen LogP contribution in [0, 0.1) is 0 Å². The van der Waals surface area contributed by atoms with Crippen molar-refractivity contribution in [3.63, 3.8) is 0 Å². The van der Waals surface area contributed by atoms with Crippen LogP contribution < -0.4 is 10.6 Å². The third-order valence-electron chi connectivity index (χ3n) is 3.16. The van der Waals surface area contributed by atoms with E-state index in [0.29, 0.717) is 28.9 Å². The highest BCUT2D eigenvalue weighted by molar-refractivity contribution is 7.17. The Balaban J connectivity index is 1.97. The summed E-state index contributed by atoms with van der Waals surface area (Å²) in [6.45, 7) is 0. The number of hydrogen-bond acceptors (Lipinski definition) is 6. The molecular weight excluding hydrogens is 300 g/mol. The van der Waals surface area contributed by atoms with Gasteiger partial charge in [0.1, 0.15) is 6.33 Å². The van der Waals surface area contributed by atoms with Crippen LogP contribution in [0.4, 0.5) is 11.5 Å². The van der Waals surface area contributed by atoms with Crippen LogP contribution in [0.3, 0.4) is 0 Å². The lowest BCUT2D eigenvalue weighted by Gasteiger charge is -2.09. The zero-order valence-electron chi connectivity index (χ0n) is 11.7. The maximum absolute atomic E-state index is 11.7. The fourth-order valence-electron chi connectivity index (χ4n) is 2.09. The number of amides is 1. The van der Waals surface area contributed by atoms with Gasteiger partial charge in [-0.1, -0.05) is 0 Å². The van der Waals surface area contributed by atoms with Crippen molar-refractivity contribution < 1.29 is 9.59 Å². The van der Waals surface area contributed by atoms with Gasteiger partial charge in [-0.15, -0.1) is 11.3 Å². The number of aromatic nitrogens is 2. The van der Waals surface area contributed by atoms with E-state index in [1.807, 2.05) is 11.4 Å². The molecule has 0 aliphatic rings. The van der Waals surface area contributed by atoms with Crippen LogP contribution in [-0.4, -0.2) is 29.2 Å². The topological polar surface area (TPSA) is 84.0 Å². The summed E-state index contributed by atoms with van der Waals surface area (Å²) in [4.78, 5) is 31.3. The second-order valence-electron chi connectivity index (χ2n) is 4.48.